The molecule has 1 aliphatic rings. The van der Waals surface area contributed by atoms with E-state index < -0.39 is 5.63 Å². The molecule has 1 aliphatic carbocycles. The summed E-state index contributed by atoms with van der Waals surface area (Å²) in [5, 5.41) is 1.48. The maximum Gasteiger partial charge on any atom is 0.339 e. The monoisotopic (exact) mass is 390 g/mol. The maximum absolute atomic E-state index is 11.9. The van der Waals surface area contributed by atoms with E-state index >= 15 is 0 Å². The second-order valence-corrected chi connectivity index (χ2v) is 8.22. The third kappa shape index (κ3) is 6.03. The van der Waals surface area contributed by atoms with Crippen molar-refractivity contribution in [2.24, 2.45) is 0 Å². The van der Waals surface area contributed by atoms with Gasteiger partial charge in [0.05, 0.1) is 24.7 Å². The molecule has 1 aromatic heterocycles. The average Bonchev–Trinajstić information content (AvgIpc) is 2.67. The van der Waals surface area contributed by atoms with E-state index in [0.29, 0.717) is 36.3 Å². The molecular formula is C21H26O5S. The molecule has 1 aromatic carbocycles. The standard InChI is InChI=1S/C21H26O5S/c22-15-24-11-5-2-6-12-25-19-14-21(23)26-20-13-17(9-10-18(19)20)27-16-7-3-1-4-8-16/h9-10,13-16H,1-8,11-12H2. The van der Waals surface area contributed by atoms with Crippen molar-refractivity contribution in [3.8, 4) is 5.75 Å². The van der Waals surface area contributed by atoms with Crippen LogP contribution < -0.4 is 10.4 Å². The lowest BCUT2D eigenvalue weighted by atomic mass is 10.0. The van der Waals surface area contributed by atoms with E-state index in [1.165, 1.54) is 38.2 Å². The van der Waals surface area contributed by atoms with Crippen molar-refractivity contribution in [1.82, 2.24) is 0 Å². The first-order valence-corrected chi connectivity index (χ1v) is 10.6. The van der Waals surface area contributed by atoms with Crippen molar-refractivity contribution < 1.29 is 18.7 Å². The third-order valence-electron chi connectivity index (χ3n) is 4.77. The van der Waals surface area contributed by atoms with Crippen LogP contribution >= 0.6 is 11.8 Å². The fraction of sp³-hybridized carbons (Fsp3) is 0.524. The van der Waals surface area contributed by atoms with Crippen molar-refractivity contribution >= 4 is 29.2 Å². The zero-order chi connectivity index (χ0) is 18.9. The van der Waals surface area contributed by atoms with E-state index in [1.54, 1.807) is 0 Å². The van der Waals surface area contributed by atoms with Crippen LogP contribution in [0.1, 0.15) is 51.4 Å². The third-order valence-corrected chi connectivity index (χ3v) is 6.10. The van der Waals surface area contributed by atoms with E-state index in [-0.39, 0.29) is 0 Å². The van der Waals surface area contributed by atoms with E-state index in [4.69, 9.17) is 9.15 Å². The highest BCUT2D eigenvalue weighted by atomic mass is 32.2. The van der Waals surface area contributed by atoms with Crippen molar-refractivity contribution in [2.45, 2.75) is 61.5 Å². The summed E-state index contributed by atoms with van der Waals surface area (Å²) in [7, 11) is 0. The van der Waals surface area contributed by atoms with Crippen LogP contribution in [-0.2, 0) is 9.53 Å². The number of unbranched alkanes of at least 4 members (excludes halogenated alkanes) is 2. The fourth-order valence-corrected chi connectivity index (χ4v) is 4.65. The number of hydrogen-bond acceptors (Lipinski definition) is 6. The zero-order valence-corrected chi connectivity index (χ0v) is 16.3. The summed E-state index contributed by atoms with van der Waals surface area (Å²) in [4.78, 5) is 23.1. The Bertz CT molecular complexity index is 795. The number of fused-ring (bicyclic) bond motifs is 1. The van der Waals surface area contributed by atoms with Crippen LogP contribution in [0.15, 0.2) is 38.4 Å². The van der Waals surface area contributed by atoms with Gasteiger partial charge in [0, 0.05) is 10.1 Å². The molecule has 0 saturated heterocycles. The quantitative estimate of drug-likeness (QED) is 0.325. The largest absolute Gasteiger partial charge is 0.493 e. The molecule has 3 rings (SSSR count). The second-order valence-electron chi connectivity index (χ2n) is 6.84. The molecule has 6 heteroatoms. The van der Waals surface area contributed by atoms with Gasteiger partial charge >= 0.3 is 5.63 Å². The first-order valence-electron chi connectivity index (χ1n) is 9.69. The maximum atomic E-state index is 11.9. The minimum Gasteiger partial charge on any atom is -0.493 e. The van der Waals surface area contributed by atoms with Crippen LogP contribution in [0.5, 0.6) is 5.75 Å². The molecule has 27 heavy (non-hydrogen) atoms. The Morgan fingerprint density at radius 1 is 1.07 bits per heavy atom. The van der Waals surface area contributed by atoms with Crippen LogP contribution in [0.3, 0.4) is 0 Å². The molecule has 0 unspecified atom stereocenters. The highest BCUT2D eigenvalue weighted by Crippen LogP contribution is 2.35. The van der Waals surface area contributed by atoms with Gasteiger partial charge in [0.25, 0.3) is 6.47 Å². The van der Waals surface area contributed by atoms with E-state index in [1.807, 2.05) is 23.9 Å². The average molecular weight is 391 g/mol. The van der Waals surface area contributed by atoms with Gasteiger partial charge < -0.3 is 13.9 Å². The Labute approximate surface area is 163 Å². The predicted molar refractivity (Wildman–Crippen MR) is 107 cm³/mol. The highest BCUT2D eigenvalue weighted by Gasteiger charge is 2.15. The van der Waals surface area contributed by atoms with Crippen LogP contribution in [0.4, 0.5) is 0 Å². The predicted octanol–water partition coefficient (Wildman–Crippen LogP) is 4.94. The lowest BCUT2D eigenvalue weighted by Gasteiger charge is -2.21. The van der Waals surface area contributed by atoms with Gasteiger partial charge in [-0.2, -0.15) is 0 Å². The number of hydrogen-bond donors (Lipinski definition) is 0. The molecule has 0 aliphatic heterocycles. The lowest BCUT2D eigenvalue weighted by Crippen LogP contribution is -2.07. The molecule has 0 radical (unpaired) electrons. The molecule has 0 atom stereocenters. The van der Waals surface area contributed by atoms with Gasteiger partial charge in [-0.3, -0.25) is 4.79 Å². The van der Waals surface area contributed by atoms with Crippen LogP contribution in [0.2, 0.25) is 0 Å². The summed E-state index contributed by atoms with van der Waals surface area (Å²) < 4.78 is 15.9. The van der Waals surface area contributed by atoms with Gasteiger partial charge in [0.15, 0.2) is 0 Å². The van der Waals surface area contributed by atoms with Crippen molar-refractivity contribution in [2.75, 3.05) is 13.2 Å². The van der Waals surface area contributed by atoms with Gasteiger partial charge in [-0.15, -0.1) is 11.8 Å². The van der Waals surface area contributed by atoms with Crippen LogP contribution in [-0.4, -0.2) is 24.9 Å². The minimum atomic E-state index is -0.392. The first kappa shape index (κ1) is 19.8. The van der Waals surface area contributed by atoms with Gasteiger partial charge in [0.2, 0.25) is 0 Å². The SMILES string of the molecule is O=COCCCCCOc1cc(=O)oc2cc(SC3CCCCC3)ccc12. The van der Waals surface area contributed by atoms with Crippen LogP contribution in [0.25, 0.3) is 11.0 Å². The number of benzene rings is 1. The van der Waals surface area contributed by atoms with Crippen molar-refractivity contribution in [1.29, 1.82) is 0 Å². The van der Waals surface area contributed by atoms with E-state index in [2.05, 4.69) is 10.8 Å². The smallest absolute Gasteiger partial charge is 0.339 e. The van der Waals surface area contributed by atoms with Gasteiger partial charge in [-0.25, -0.2) is 4.79 Å². The normalized spacial score (nSPS) is 15.0. The molecule has 2 aromatic rings. The van der Waals surface area contributed by atoms with Crippen molar-refractivity contribution in [3.63, 3.8) is 0 Å². The molecule has 0 N–H and O–H groups in total. The molecule has 0 amide bonds. The molecule has 1 saturated carbocycles. The Kier molecular flexibility index (Phi) is 7.63. The Hall–Kier alpha value is -1.95. The Morgan fingerprint density at radius 3 is 2.70 bits per heavy atom. The summed E-state index contributed by atoms with van der Waals surface area (Å²) in [6, 6.07) is 7.44. The Balaban J connectivity index is 1.61. The highest BCUT2D eigenvalue weighted by molar-refractivity contribution is 8.00. The van der Waals surface area contributed by atoms with E-state index in [0.717, 1.165) is 29.5 Å². The van der Waals surface area contributed by atoms with Gasteiger partial charge in [0.1, 0.15) is 11.3 Å². The molecule has 0 bridgehead atoms. The topological polar surface area (TPSA) is 65.7 Å². The van der Waals surface area contributed by atoms with Crippen LogP contribution in [0, 0.1) is 0 Å². The van der Waals surface area contributed by atoms with Gasteiger partial charge in [-0.05, 0) is 50.3 Å². The summed E-state index contributed by atoms with van der Waals surface area (Å²) >= 11 is 1.88. The summed E-state index contributed by atoms with van der Waals surface area (Å²) in [6.45, 7) is 1.41. The number of rotatable bonds is 10. The molecule has 5 nitrogen and oxygen atoms in total. The summed E-state index contributed by atoms with van der Waals surface area (Å²) in [6.07, 6.45) is 9.01. The first-order chi connectivity index (χ1) is 13.3. The Morgan fingerprint density at radius 2 is 1.89 bits per heavy atom. The summed E-state index contributed by atoms with van der Waals surface area (Å²) in [5.41, 5.74) is 0.189. The number of carbonyl (C=O) groups excluding carboxylic acids is 1. The summed E-state index contributed by atoms with van der Waals surface area (Å²) in [5.74, 6) is 0.569. The number of thioether (sulfide) groups is 1. The zero-order valence-electron chi connectivity index (χ0n) is 15.5. The molecular weight excluding hydrogens is 364 g/mol. The molecule has 1 fully saturated rings. The second kappa shape index (κ2) is 10.4. The fourth-order valence-electron chi connectivity index (χ4n) is 3.38. The van der Waals surface area contributed by atoms with Gasteiger partial charge in [-0.1, -0.05) is 19.3 Å². The molecule has 146 valence electrons. The molecule has 0 spiro atoms. The van der Waals surface area contributed by atoms with Crippen molar-refractivity contribution in [3.05, 3.63) is 34.7 Å². The molecule has 1 heterocycles. The lowest BCUT2D eigenvalue weighted by molar-refractivity contribution is -0.128. The minimum absolute atomic E-state index is 0.392. The number of ether oxygens (including phenoxy) is 2. The van der Waals surface area contributed by atoms with E-state index in [9.17, 15) is 9.59 Å². The number of carbonyl (C=O) groups is 1.